The third kappa shape index (κ3) is 3.35. The molecule has 0 amide bonds. The molecule has 1 heterocycles. The number of thiazole rings is 1. The summed E-state index contributed by atoms with van der Waals surface area (Å²) in [7, 11) is 0. The Morgan fingerprint density at radius 2 is 2.38 bits per heavy atom. The number of benzene rings is 1. The summed E-state index contributed by atoms with van der Waals surface area (Å²) in [6, 6.07) is 6.59. The van der Waals surface area contributed by atoms with Gasteiger partial charge in [-0.05, 0) is 44.4 Å². The predicted molar refractivity (Wildman–Crippen MR) is 85.6 cm³/mol. The fourth-order valence-electron chi connectivity index (χ4n) is 2.98. The van der Waals surface area contributed by atoms with E-state index >= 15 is 0 Å². The van der Waals surface area contributed by atoms with Crippen LogP contribution in [0.1, 0.15) is 32.6 Å². The monoisotopic (exact) mass is 304 g/mol. The molecule has 2 unspecified atom stereocenters. The van der Waals surface area contributed by atoms with Crippen molar-refractivity contribution in [2.24, 2.45) is 5.92 Å². The molecule has 1 saturated carbocycles. The Bertz CT molecular complexity index is 626. The Labute approximate surface area is 128 Å². The van der Waals surface area contributed by atoms with Gasteiger partial charge in [-0.25, -0.2) is 4.98 Å². The summed E-state index contributed by atoms with van der Waals surface area (Å²) in [6.07, 6.45) is 3.99. The molecule has 1 fully saturated rings. The van der Waals surface area contributed by atoms with E-state index in [4.69, 9.17) is 4.74 Å². The first kappa shape index (κ1) is 14.3. The first-order chi connectivity index (χ1) is 10.3. The molecule has 0 spiro atoms. The highest BCUT2D eigenvalue weighted by molar-refractivity contribution is 7.16. The van der Waals surface area contributed by atoms with Crippen LogP contribution in [-0.2, 0) is 9.53 Å². The van der Waals surface area contributed by atoms with Crippen molar-refractivity contribution in [3.8, 4) is 0 Å². The van der Waals surface area contributed by atoms with Gasteiger partial charge in [0.15, 0.2) is 0 Å². The molecule has 0 radical (unpaired) electrons. The summed E-state index contributed by atoms with van der Waals surface area (Å²) >= 11 is 1.65. The average molecular weight is 304 g/mol. The van der Waals surface area contributed by atoms with Gasteiger partial charge in [0.25, 0.3) is 0 Å². The maximum Gasteiger partial charge on any atom is 0.308 e. The quantitative estimate of drug-likeness (QED) is 0.872. The Morgan fingerprint density at radius 1 is 1.48 bits per heavy atom. The van der Waals surface area contributed by atoms with Crippen molar-refractivity contribution in [2.45, 2.75) is 38.6 Å². The van der Waals surface area contributed by atoms with Gasteiger partial charge in [-0.2, -0.15) is 0 Å². The maximum absolute atomic E-state index is 11.9. The van der Waals surface area contributed by atoms with Crippen LogP contribution in [-0.4, -0.2) is 23.6 Å². The average Bonchev–Trinajstić information content (AvgIpc) is 2.95. The molecule has 1 aliphatic carbocycles. The highest BCUT2D eigenvalue weighted by atomic mass is 32.1. The number of aromatic nitrogens is 1. The second-order valence-electron chi connectivity index (χ2n) is 5.49. The van der Waals surface area contributed by atoms with Crippen molar-refractivity contribution in [2.75, 3.05) is 11.9 Å². The number of hydrogen-bond acceptors (Lipinski definition) is 5. The van der Waals surface area contributed by atoms with Crippen molar-refractivity contribution in [1.82, 2.24) is 4.98 Å². The first-order valence-electron chi connectivity index (χ1n) is 7.52. The van der Waals surface area contributed by atoms with Crippen molar-refractivity contribution < 1.29 is 9.53 Å². The van der Waals surface area contributed by atoms with Crippen LogP contribution in [0.25, 0.3) is 10.2 Å². The fourth-order valence-corrected chi connectivity index (χ4v) is 3.69. The smallest absolute Gasteiger partial charge is 0.308 e. The second-order valence-corrected chi connectivity index (χ2v) is 6.38. The SMILES string of the molecule is CCOC(=O)C1CCCC(Nc2ccc3ncsc3c2)C1. The van der Waals surface area contributed by atoms with Crippen molar-refractivity contribution >= 4 is 33.2 Å². The number of carbonyl (C=O) groups excluding carboxylic acids is 1. The van der Waals surface area contributed by atoms with Gasteiger partial charge < -0.3 is 10.1 Å². The topological polar surface area (TPSA) is 51.2 Å². The lowest BCUT2D eigenvalue weighted by molar-refractivity contribution is -0.149. The third-order valence-corrected chi connectivity index (χ3v) is 4.79. The van der Waals surface area contributed by atoms with Gasteiger partial charge in [-0.1, -0.05) is 6.42 Å². The molecule has 1 N–H and O–H groups in total. The number of ether oxygens (including phenoxy) is 1. The normalized spacial score (nSPS) is 22.1. The molecule has 0 bridgehead atoms. The maximum atomic E-state index is 11.9. The van der Waals surface area contributed by atoms with E-state index in [9.17, 15) is 4.79 Å². The van der Waals surface area contributed by atoms with E-state index in [0.29, 0.717) is 12.6 Å². The number of hydrogen-bond donors (Lipinski definition) is 1. The van der Waals surface area contributed by atoms with Crippen molar-refractivity contribution in [3.63, 3.8) is 0 Å². The van der Waals surface area contributed by atoms with Crippen LogP contribution < -0.4 is 5.32 Å². The molecule has 4 nitrogen and oxygen atoms in total. The lowest BCUT2D eigenvalue weighted by Gasteiger charge is -2.29. The molecule has 1 aliphatic rings. The van der Waals surface area contributed by atoms with E-state index in [2.05, 4.69) is 22.4 Å². The molecular formula is C16H20N2O2S. The Kier molecular flexibility index (Phi) is 4.39. The molecule has 21 heavy (non-hydrogen) atoms. The number of fused-ring (bicyclic) bond motifs is 1. The van der Waals surface area contributed by atoms with Gasteiger partial charge in [0.05, 0.1) is 28.3 Å². The number of rotatable bonds is 4. The molecule has 2 aromatic rings. The molecular weight excluding hydrogens is 284 g/mol. The summed E-state index contributed by atoms with van der Waals surface area (Å²) in [4.78, 5) is 16.2. The van der Waals surface area contributed by atoms with E-state index < -0.39 is 0 Å². The van der Waals surface area contributed by atoms with Crippen LogP contribution in [0.4, 0.5) is 5.69 Å². The fraction of sp³-hybridized carbons (Fsp3) is 0.500. The minimum Gasteiger partial charge on any atom is -0.466 e. The summed E-state index contributed by atoms with van der Waals surface area (Å²) in [5, 5.41) is 3.56. The third-order valence-electron chi connectivity index (χ3n) is 4.00. The molecule has 1 aromatic heterocycles. The lowest BCUT2D eigenvalue weighted by atomic mass is 9.85. The lowest BCUT2D eigenvalue weighted by Crippen LogP contribution is -2.32. The summed E-state index contributed by atoms with van der Waals surface area (Å²) in [5.41, 5.74) is 4.02. The standard InChI is InChI=1S/C16H20N2O2S/c1-2-20-16(19)11-4-3-5-12(8-11)18-13-6-7-14-15(9-13)21-10-17-14/h6-7,9-12,18H,2-5,8H2,1H3. The zero-order chi connectivity index (χ0) is 14.7. The number of esters is 1. The zero-order valence-electron chi connectivity index (χ0n) is 12.2. The number of carbonyl (C=O) groups is 1. The van der Waals surface area contributed by atoms with Gasteiger partial charge in [0.1, 0.15) is 0 Å². The number of nitrogens with zero attached hydrogens (tertiary/aromatic N) is 1. The van der Waals surface area contributed by atoms with Crippen molar-refractivity contribution in [3.05, 3.63) is 23.7 Å². The van der Waals surface area contributed by atoms with Gasteiger partial charge in [-0.15, -0.1) is 11.3 Å². The Balaban J connectivity index is 1.65. The van der Waals surface area contributed by atoms with Crippen molar-refractivity contribution in [1.29, 1.82) is 0 Å². The molecule has 0 aliphatic heterocycles. The van der Waals surface area contributed by atoms with E-state index in [-0.39, 0.29) is 11.9 Å². The number of anilines is 1. The summed E-state index contributed by atoms with van der Waals surface area (Å²) in [5.74, 6) is 0.00486. The van der Waals surface area contributed by atoms with Crippen LogP contribution in [0.2, 0.25) is 0 Å². The predicted octanol–water partition coefficient (Wildman–Crippen LogP) is 3.83. The highest BCUT2D eigenvalue weighted by Gasteiger charge is 2.28. The molecule has 0 saturated heterocycles. The minimum absolute atomic E-state index is 0.0399. The molecule has 3 rings (SSSR count). The van der Waals surface area contributed by atoms with Crippen LogP contribution in [0.5, 0.6) is 0 Å². The van der Waals surface area contributed by atoms with E-state index in [1.807, 2.05) is 18.5 Å². The van der Waals surface area contributed by atoms with Crippen LogP contribution in [0, 0.1) is 5.92 Å². The molecule has 112 valence electrons. The van der Waals surface area contributed by atoms with Crippen LogP contribution >= 0.6 is 11.3 Å². The molecule has 5 heteroatoms. The Morgan fingerprint density at radius 3 is 3.24 bits per heavy atom. The Hall–Kier alpha value is -1.62. The zero-order valence-corrected chi connectivity index (χ0v) is 13.0. The van der Waals surface area contributed by atoms with E-state index in [1.54, 1.807) is 11.3 Å². The summed E-state index contributed by atoms with van der Waals surface area (Å²) < 4.78 is 6.35. The van der Waals surface area contributed by atoms with Gasteiger partial charge in [-0.3, -0.25) is 4.79 Å². The van der Waals surface area contributed by atoms with E-state index in [1.165, 1.54) is 4.70 Å². The molecule has 2 atom stereocenters. The van der Waals surface area contributed by atoms with Crippen LogP contribution in [0.3, 0.4) is 0 Å². The van der Waals surface area contributed by atoms with Gasteiger partial charge in [0, 0.05) is 11.7 Å². The first-order valence-corrected chi connectivity index (χ1v) is 8.40. The number of nitrogens with one attached hydrogen (secondary N) is 1. The largest absolute Gasteiger partial charge is 0.466 e. The van der Waals surface area contributed by atoms with Gasteiger partial charge in [0.2, 0.25) is 0 Å². The van der Waals surface area contributed by atoms with E-state index in [0.717, 1.165) is 36.9 Å². The minimum atomic E-state index is -0.0399. The van der Waals surface area contributed by atoms with Crippen LogP contribution in [0.15, 0.2) is 23.7 Å². The summed E-state index contributed by atoms with van der Waals surface area (Å²) in [6.45, 7) is 2.33. The second kappa shape index (κ2) is 6.43. The molecule has 1 aromatic carbocycles. The highest BCUT2D eigenvalue weighted by Crippen LogP contribution is 2.29. The van der Waals surface area contributed by atoms with Gasteiger partial charge >= 0.3 is 5.97 Å².